The molecular weight excluding hydrogens is 728 g/mol. The number of hydrogen-bond donors (Lipinski definition) is 2. The van der Waals surface area contributed by atoms with Crippen LogP contribution >= 0.6 is 0 Å². The van der Waals surface area contributed by atoms with Crippen molar-refractivity contribution in [3.8, 4) is 23.0 Å². The molecule has 57 heavy (non-hydrogen) atoms. The maximum Gasteiger partial charge on any atom is 0.336 e. The third-order valence-electron chi connectivity index (χ3n) is 10.1. The first-order valence-electron chi connectivity index (χ1n) is 17.6. The summed E-state index contributed by atoms with van der Waals surface area (Å²) in [6.45, 7) is 4.18. The molecule has 2 aliphatic rings. The predicted octanol–water partition coefficient (Wildman–Crippen LogP) is 8.59. The van der Waals surface area contributed by atoms with Crippen molar-refractivity contribution >= 4 is 46.9 Å². The Balaban J connectivity index is 0.900. The van der Waals surface area contributed by atoms with Crippen molar-refractivity contribution in [1.29, 1.82) is 0 Å². The molecular formula is C45H30N2O10. The van der Waals surface area contributed by atoms with Gasteiger partial charge < -0.3 is 19.7 Å². The number of carboxylic acid groups (broad SMARTS) is 2. The van der Waals surface area contributed by atoms with E-state index in [4.69, 9.17) is 9.47 Å². The van der Waals surface area contributed by atoms with Crippen LogP contribution < -0.4 is 19.3 Å². The third kappa shape index (κ3) is 6.24. The Labute approximate surface area is 324 Å². The zero-order valence-electron chi connectivity index (χ0n) is 30.3. The molecule has 0 bridgehead atoms. The second-order valence-electron chi connectivity index (χ2n) is 13.8. The molecule has 0 radical (unpaired) electrons. The van der Waals surface area contributed by atoms with E-state index >= 15 is 0 Å². The number of imide groups is 2. The molecule has 0 aromatic heterocycles. The lowest BCUT2D eigenvalue weighted by molar-refractivity contribution is 0.0683. The minimum Gasteiger partial charge on any atom is -0.478 e. The molecule has 0 saturated heterocycles. The second-order valence-corrected chi connectivity index (χ2v) is 13.8. The van der Waals surface area contributed by atoms with Crippen molar-refractivity contribution in [2.24, 2.45) is 0 Å². The number of ether oxygens (including phenoxy) is 2. The summed E-state index contributed by atoms with van der Waals surface area (Å²) in [6.07, 6.45) is 0. The van der Waals surface area contributed by atoms with E-state index in [2.05, 4.69) is 13.8 Å². The molecule has 2 aliphatic heterocycles. The summed E-state index contributed by atoms with van der Waals surface area (Å²) in [6, 6.07) is 36.3. The summed E-state index contributed by atoms with van der Waals surface area (Å²) in [5, 5.41) is 19.0. The van der Waals surface area contributed by atoms with Crippen molar-refractivity contribution in [3.05, 3.63) is 178 Å². The minimum absolute atomic E-state index is 0.0431. The number of hydrogen-bond acceptors (Lipinski definition) is 8. The average Bonchev–Trinajstić information content (AvgIpc) is 3.62. The summed E-state index contributed by atoms with van der Waals surface area (Å²) in [4.78, 5) is 77.5. The number of nitrogens with zero attached hydrogens (tertiary/aromatic N) is 2. The number of carbonyl (C=O) groups is 6. The lowest BCUT2D eigenvalue weighted by atomic mass is 9.78. The van der Waals surface area contributed by atoms with E-state index in [1.54, 1.807) is 48.5 Å². The monoisotopic (exact) mass is 758 g/mol. The van der Waals surface area contributed by atoms with E-state index < -0.39 is 41.0 Å². The lowest BCUT2D eigenvalue weighted by Gasteiger charge is -2.26. The fourth-order valence-electron chi connectivity index (χ4n) is 7.04. The second kappa shape index (κ2) is 13.8. The molecule has 8 rings (SSSR count). The molecule has 2 N–H and O–H groups in total. The Kier molecular flexibility index (Phi) is 8.73. The molecule has 0 unspecified atom stereocenters. The van der Waals surface area contributed by atoms with Crippen molar-refractivity contribution < 1.29 is 48.5 Å². The Morgan fingerprint density at radius 3 is 1.09 bits per heavy atom. The highest BCUT2D eigenvalue weighted by Crippen LogP contribution is 2.37. The summed E-state index contributed by atoms with van der Waals surface area (Å²) in [7, 11) is 0. The molecule has 2 heterocycles. The van der Waals surface area contributed by atoms with Crippen molar-refractivity contribution in [1.82, 2.24) is 0 Å². The largest absolute Gasteiger partial charge is 0.478 e. The van der Waals surface area contributed by atoms with Gasteiger partial charge in [0, 0.05) is 5.41 Å². The highest BCUT2D eigenvalue weighted by molar-refractivity contribution is 6.37. The normalized spacial score (nSPS) is 13.4. The fraction of sp³-hybridized carbons (Fsp3) is 0.0667. The van der Waals surface area contributed by atoms with Gasteiger partial charge in [0.2, 0.25) is 0 Å². The van der Waals surface area contributed by atoms with Crippen LogP contribution in [0.5, 0.6) is 23.0 Å². The molecule has 0 atom stereocenters. The third-order valence-corrected chi connectivity index (χ3v) is 10.1. The molecule has 12 heteroatoms. The zero-order valence-corrected chi connectivity index (χ0v) is 30.3. The fourth-order valence-corrected chi connectivity index (χ4v) is 7.04. The van der Waals surface area contributed by atoms with Crippen LogP contribution in [0, 0.1) is 0 Å². The van der Waals surface area contributed by atoms with Gasteiger partial charge in [0.25, 0.3) is 23.6 Å². The van der Waals surface area contributed by atoms with E-state index in [1.165, 1.54) is 36.4 Å². The highest BCUT2D eigenvalue weighted by Gasteiger charge is 2.41. The highest BCUT2D eigenvalue weighted by atomic mass is 16.5. The molecule has 12 nitrogen and oxygen atoms in total. The Morgan fingerprint density at radius 2 is 0.772 bits per heavy atom. The lowest BCUT2D eigenvalue weighted by Crippen LogP contribution is -2.29. The quantitative estimate of drug-likeness (QED) is 0.129. The number of benzene rings is 6. The number of anilines is 2. The van der Waals surface area contributed by atoms with Gasteiger partial charge in [-0.3, -0.25) is 19.2 Å². The van der Waals surface area contributed by atoms with Crippen LogP contribution in [0.2, 0.25) is 0 Å². The van der Waals surface area contributed by atoms with E-state index in [1.807, 2.05) is 48.5 Å². The number of carbonyl (C=O) groups excluding carboxylic acids is 4. The average molecular weight is 759 g/mol. The van der Waals surface area contributed by atoms with Crippen LogP contribution in [0.1, 0.15) is 87.1 Å². The summed E-state index contributed by atoms with van der Waals surface area (Å²) < 4.78 is 12.1. The van der Waals surface area contributed by atoms with E-state index in [0.717, 1.165) is 20.9 Å². The topological polar surface area (TPSA) is 168 Å². The van der Waals surface area contributed by atoms with Gasteiger partial charge in [-0.2, -0.15) is 0 Å². The first-order valence-corrected chi connectivity index (χ1v) is 17.6. The predicted molar refractivity (Wildman–Crippen MR) is 207 cm³/mol. The van der Waals surface area contributed by atoms with Crippen LogP contribution in [-0.4, -0.2) is 45.8 Å². The Morgan fingerprint density at radius 1 is 0.456 bits per heavy atom. The summed E-state index contributed by atoms with van der Waals surface area (Å²) >= 11 is 0. The molecule has 0 aliphatic carbocycles. The molecule has 6 aromatic rings. The molecule has 4 amide bonds. The van der Waals surface area contributed by atoms with Crippen molar-refractivity contribution in [3.63, 3.8) is 0 Å². The maximum absolute atomic E-state index is 13.1. The van der Waals surface area contributed by atoms with Crippen LogP contribution in [0.4, 0.5) is 11.4 Å². The summed E-state index contributed by atoms with van der Waals surface area (Å²) in [5.41, 5.74) is 1.59. The van der Waals surface area contributed by atoms with Crippen LogP contribution in [-0.2, 0) is 5.41 Å². The molecule has 0 spiro atoms. The van der Waals surface area contributed by atoms with Gasteiger partial charge in [-0.1, -0.05) is 50.2 Å². The SMILES string of the molecule is CC(C)(c1ccc(Oc2ccc(N3C(=O)c4cccc(C(=O)O)c4C3=O)cc2)cc1)c1ccc(Oc2ccc(N3C(=O)c4cccc(C(=O)O)c4C3=O)cc2)cc1. The number of amides is 4. The molecule has 0 fully saturated rings. The van der Waals surface area contributed by atoms with Gasteiger partial charge in [-0.05, 0) is 108 Å². The first-order chi connectivity index (χ1) is 27.3. The van der Waals surface area contributed by atoms with Gasteiger partial charge in [-0.15, -0.1) is 0 Å². The number of aromatic carboxylic acids is 2. The van der Waals surface area contributed by atoms with E-state index in [9.17, 15) is 39.0 Å². The zero-order chi connectivity index (χ0) is 40.2. The van der Waals surface area contributed by atoms with Crippen LogP contribution in [0.3, 0.4) is 0 Å². The Hall–Kier alpha value is -7.86. The van der Waals surface area contributed by atoms with Gasteiger partial charge in [-0.25, -0.2) is 19.4 Å². The first kappa shape index (κ1) is 36.1. The Bertz CT molecular complexity index is 2480. The number of carboxylic acids is 2. The van der Waals surface area contributed by atoms with Crippen LogP contribution in [0.25, 0.3) is 0 Å². The smallest absolute Gasteiger partial charge is 0.336 e. The molecule has 0 saturated carbocycles. The number of rotatable bonds is 10. The van der Waals surface area contributed by atoms with Crippen molar-refractivity contribution in [2.75, 3.05) is 9.80 Å². The van der Waals surface area contributed by atoms with Gasteiger partial charge >= 0.3 is 11.9 Å². The summed E-state index contributed by atoms with van der Waals surface area (Å²) in [5.74, 6) is -3.08. The molecule has 6 aromatic carbocycles. The van der Waals surface area contributed by atoms with Gasteiger partial charge in [0.1, 0.15) is 23.0 Å². The molecule has 280 valence electrons. The van der Waals surface area contributed by atoms with Crippen LogP contribution in [0.15, 0.2) is 133 Å². The van der Waals surface area contributed by atoms with Crippen molar-refractivity contribution in [2.45, 2.75) is 19.3 Å². The van der Waals surface area contributed by atoms with Gasteiger partial charge in [0.15, 0.2) is 0 Å². The maximum atomic E-state index is 13.1. The standard InChI is InChI=1S/C45H30N2O10/c1-45(2,25-9-17-29(18-10-25)56-31-21-13-27(14-22-31)46-39(48)33-5-3-7-35(43(52)53)37(33)41(46)50)26-11-19-30(20-12-26)57-32-23-15-28(16-24-32)47-40(49)34-6-4-8-36(44(54)55)38(34)42(47)51/h3-24H,1-2H3,(H,52,53)(H,54,55). The van der Waals surface area contributed by atoms with E-state index in [0.29, 0.717) is 23.0 Å². The van der Waals surface area contributed by atoms with E-state index in [-0.39, 0.29) is 44.8 Å². The minimum atomic E-state index is -1.29. The number of fused-ring (bicyclic) bond motifs is 2. The van der Waals surface area contributed by atoms with Gasteiger partial charge in [0.05, 0.1) is 44.8 Å².